The molecule has 0 rings (SSSR count). The number of rotatable bonds is 2. The summed E-state index contributed by atoms with van der Waals surface area (Å²) in [6.45, 7) is 9.99. The molecular formula is C7H16N2. The lowest BCUT2D eigenvalue weighted by Crippen LogP contribution is -2.42. The molecular weight excluding hydrogens is 112 g/mol. The van der Waals surface area contributed by atoms with Crippen molar-refractivity contribution >= 4 is 0 Å². The van der Waals surface area contributed by atoms with E-state index in [0.717, 1.165) is 0 Å². The number of hydrazine groups is 1. The van der Waals surface area contributed by atoms with Crippen molar-refractivity contribution in [1.82, 2.24) is 5.43 Å². The fourth-order valence-corrected chi connectivity index (χ4v) is 0.672. The van der Waals surface area contributed by atoms with Gasteiger partial charge in [0.15, 0.2) is 0 Å². The standard InChI is InChI=1S/C7H16N2/c1-5-6(9-8)7(2,3)4/h5-6,9H,1,8H2,2-4H3. The Morgan fingerprint density at radius 3 is 2.00 bits per heavy atom. The zero-order chi connectivity index (χ0) is 7.49. The molecule has 0 saturated heterocycles. The van der Waals surface area contributed by atoms with Crippen molar-refractivity contribution in [3.05, 3.63) is 12.7 Å². The number of nitrogens with one attached hydrogen (secondary N) is 1. The average Bonchev–Trinajstić information content (AvgIpc) is 1.65. The van der Waals surface area contributed by atoms with Crippen molar-refractivity contribution in [3.63, 3.8) is 0 Å². The van der Waals surface area contributed by atoms with Gasteiger partial charge in [-0.05, 0) is 5.41 Å². The second-order valence-corrected chi connectivity index (χ2v) is 3.25. The highest BCUT2D eigenvalue weighted by Crippen LogP contribution is 2.18. The Morgan fingerprint density at radius 1 is 1.56 bits per heavy atom. The lowest BCUT2D eigenvalue weighted by atomic mass is 9.87. The molecule has 54 valence electrons. The first-order valence-corrected chi connectivity index (χ1v) is 3.11. The molecule has 1 unspecified atom stereocenters. The van der Waals surface area contributed by atoms with E-state index in [2.05, 4.69) is 32.8 Å². The first-order valence-electron chi connectivity index (χ1n) is 3.11. The fraction of sp³-hybridized carbons (Fsp3) is 0.714. The molecule has 0 aliphatic heterocycles. The Hall–Kier alpha value is -0.340. The van der Waals surface area contributed by atoms with Crippen LogP contribution in [0.4, 0.5) is 0 Å². The molecule has 2 nitrogen and oxygen atoms in total. The van der Waals surface area contributed by atoms with Crippen LogP contribution in [0.15, 0.2) is 12.7 Å². The molecule has 3 N–H and O–H groups in total. The minimum Gasteiger partial charge on any atom is -0.271 e. The van der Waals surface area contributed by atoms with Gasteiger partial charge in [-0.25, -0.2) is 0 Å². The Morgan fingerprint density at radius 2 is 2.00 bits per heavy atom. The normalized spacial score (nSPS) is 15.1. The first-order chi connectivity index (χ1) is 4.02. The van der Waals surface area contributed by atoms with Gasteiger partial charge in [0.1, 0.15) is 0 Å². The van der Waals surface area contributed by atoms with Crippen LogP contribution in [0.25, 0.3) is 0 Å². The van der Waals surface area contributed by atoms with Gasteiger partial charge in [-0.1, -0.05) is 26.8 Å². The SMILES string of the molecule is C=CC(NN)C(C)(C)C. The van der Waals surface area contributed by atoms with Gasteiger partial charge in [0.25, 0.3) is 0 Å². The van der Waals surface area contributed by atoms with Gasteiger partial charge >= 0.3 is 0 Å². The van der Waals surface area contributed by atoms with E-state index >= 15 is 0 Å². The van der Waals surface area contributed by atoms with Gasteiger partial charge in [0.05, 0.1) is 0 Å². The van der Waals surface area contributed by atoms with Gasteiger partial charge in [0.2, 0.25) is 0 Å². The maximum atomic E-state index is 5.25. The number of hydrogen-bond donors (Lipinski definition) is 2. The van der Waals surface area contributed by atoms with Crippen molar-refractivity contribution in [2.75, 3.05) is 0 Å². The molecule has 0 fully saturated rings. The molecule has 1 atom stereocenters. The lowest BCUT2D eigenvalue weighted by molar-refractivity contribution is 0.317. The summed E-state index contributed by atoms with van der Waals surface area (Å²) in [6, 6.07) is 0.192. The first kappa shape index (κ1) is 8.66. The average molecular weight is 128 g/mol. The summed E-state index contributed by atoms with van der Waals surface area (Å²) in [7, 11) is 0. The molecule has 0 saturated carbocycles. The topological polar surface area (TPSA) is 38.0 Å². The van der Waals surface area contributed by atoms with E-state index in [-0.39, 0.29) is 11.5 Å². The highest BCUT2D eigenvalue weighted by molar-refractivity contribution is 4.92. The molecule has 0 bridgehead atoms. The summed E-state index contributed by atoms with van der Waals surface area (Å²) < 4.78 is 0. The van der Waals surface area contributed by atoms with Crippen LogP contribution in [0.2, 0.25) is 0 Å². The third-order valence-corrected chi connectivity index (χ3v) is 1.35. The van der Waals surface area contributed by atoms with Crippen LogP contribution in [-0.2, 0) is 0 Å². The van der Waals surface area contributed by atoms with Crippen LogP contribution < -0.4 is 11.3 Å². The van der Waals surface area contributed by atoms with Crippen molar-refractivity contribution < 1.29 is 0 Å². The Labute approximate surface area is 57.1 Å². The molecule has 0 aliphatic rings. The molecule has 0 radical (unpaired) electrons. The Kier molecular flexibility index (Phi) is 2.88. The highest BCUT2D eigenvalue weighted by Gasteiger charge is 2.19. The van der Waals surface area contributed by atoms with Crippen molar-refractivity contribution in [1.29, 1.82) is 0 Å². The van der Waals surface area contributed by atoms with E-state index in [1.807, 2.05) is 6.08 Å². The minimum absolute atomic E-state index is 0.163. The van der Waals surface area contributed by atoms with E-state index in [1.54, 1.807) is 0 Å². The summed E-state index contributed by atoms with van der Waals surface area (Å²) in [5.74, 6) is 5.25. The zero-order valence-corrected chi connectivity index (χ0v) is 6.44. The second kappa shape index (κ2) is 2.99. The van der Waals surface area contributed by atoms with Crippen LogP contribution >= 0.6 is 0 Å². The molecule has 0 heterocycles. The van der Waals surface area contributed by atoms with Crippen LogP contribution in [0, 0.1) is 5.41 Å². The molecule has 0 aliphatic carbocycles. The predicted molar refractivity (Wildman–Crippen MR) is 40.8 cm³/mol. The number of hydrogen-bond acceptors (Lipinski definition) is 2. The highest BCUT2D eigenvalue weighted by atomic mass is 15.2. The van der Waals surface area contributed by atoms with E-state index in [4.69, 9.17) is 5.84 Å². The molecule has 0 aromatic heterocycles. The third-order valence-electron chi connectivity index (χ3n) is 1.35. The van der Waals surface area contributed by atoms with E-state index in [1.165, 1.54) is 0 Å². The van der Waals surface area contributed by atoms with Gasteiger partial charge < -0.3 is 0 Å². The summed E-state index contributed by atoms with van der Waals surface area (Å²) in [6.07, 6.45) is 1.82. The molecule has 9 heavy (non-hydrogen) atoms. The maximum Gasteiger partial charge on any atom is 0.0436 e. The largest absolute Gasteiger partial charge is 0.271 e. The van der Waals surface area contributed by atoms with Crippen molar-refractivity contribution in [3.8, 4) is 0 Å². The van der Waals surface area contributed by atoms with Crippen LogP contribution in [0.5, 0.6) is 0 Å². The van der Waals surface area contributed by atoms with E-state index < -0.39 is 0 Å². The van der Waals surface area contributed by atoms with Crippen molar-refractivity contribution in [2.24, 2.45) is 11.3 Å². The monoisotopic (exact) mass is 128 g/mol. The van der Waals surface area contributed by atoms with Gasteiger partial charge in [0, 0.05) is 6.04 Å². The molecule has 0 aromatic rings. The molecule has 2 heteroatoms. The van der Waals surface area contributed by atoms with Crippen LogP contribution in [0.1, 0.15) is 20.8 Å². The fourth-order valence-electron chi connectivity index (χ4n) is 0.672. The Bertz CT molecular complexity index is 91.6. The quantitative estimate of drug-likeness (QED) is 0.331. The van der Waals surface area contributed by atoms with Crippen LogP contribution in [0.3, 0.4) is 0 Å². The minimum atomic E-state index is 0.163. The smallest absolute Gasteiger partial charge is 0.0436 e. The molecule has 0 spiro atoms. The summed E-state index contributed by atoms with van der Waals surface area (Å²) in [4.78, 5) is 0. The molecule has 0 aromatic carbocycles. The maximum absolute atomic E-state index is 5.25. The molecule has 0 amide bonds. The lowest BCUT2D eigenvalue weighted by Gasteiger charge is -2.26. The zero-order valence-electron chi connectivity index (χ0n) is 6.44. The van der Waals surface area contributed by atoms with Gasteiger partial charge in [-0.15, -0.1) is 6.58 Å². The third kappa shape index (κ3) is 2.63. The summed E-state index contributed by atoms with van der Waals surface area (Å²) in [5, 5.41) is 0. The van der Waals surface area contributed by atoms with E-state index in [0.29, 0.717) is 0 Å². The van der Waals surface area contributed by atoms with Crippen molar-refractivity contribution in [2.45, 2.75) is 26.8 Å². The predicted octanol–water partition coefficient (Wildman–Crippen LogP) is 1.05. The summed E-state index contributed by atoms with van der Waals surface area (Å²) >= 11 is 0. The summed E-state index contributed by atoms with van der Waals surface area (Å²) in [5.41, 5.74) is 2.84. The van der Waals surface area contributed by atoms with E-state index in [9.17, 15) is 0 Å². The van der Waals surface area contributed by atoms with Gasteiger partial charge in [-0.2, -0.15) is 0 Å². The van der Waals surface area contributed by atoms with Gasteiger partial charge in [-0.3, -0.25) is 11.3 Å². The second-order valence-electron chi connectivity index (χ2n) is 3.25. The van der Waals surface area contributed by atoms with Crippen LogP contribution in [-0.4, -0.2) is 6.04 Å². The Balaban J connectivity index is 3.94. The number of nitrogens with two attached hydrogens (primary N) is 1.